The average molecular weight is 364 g/mol. The van der Waals surface area contributed by atoms with E-state index in [1.165, 1.54) is 25.3 Å². The van der Waals surface area contributed by atoms with Gasteiger partial charge in [0.25, 0.3) is 5.91 Å². The number of esters is 1. The van der Waals surface area contributed by atoms with Crippen molar-refractivity contribution in [3.05, 3.63) is 57.8 Å². The van der Waals surface area contributed by atoms with Crippen molar-refractivity contribution >= 4 is 40.8 Å². The van der Waals surface area contributed by atoms with Gasteiger partial charge in [-0.15, -0.1) is 0 Å². The number of halogens is 2. The van der Waals surface area contributed by atoms with Gasteiger partial charge in [-0.2, -0.15) is 5.26 Å². The van der Waals surface area contributed by atoms with Crippen LogP contribution < -0.4 is 5.32 Å². The highest BCUT2D eigenvalue weighted by Gasteiger charge is 2.20. The standard InChI is InChI=1S/C16H11Cl2N3O3/c1-9(15(22)21-12-4-2-3-10(5-12)7-19)24-16(23)11-6-13(17)14(18)20-8-11/h2-6,8-9H,1H3,(H,21,22)/t9-/m1/s1. The molecule has 0 unspecified atom stereocenters. The molecule has 8 heteroatoms. The molecule has 1 N–H and O–H groups in total. The van der Waals surface area contributed by atoms with Crippen molar-refractivity contribution < 1.29 is 14.3 Å². The Balaban J connectivity index is 2.01. The molecule has 1 amide bonds. The number of benzene rings is 1. The van der Waals surface area contributed by atoms with Gasteiger partial charge in [-0.25, -0.2) is 9.78 Å². The molecule has 0 saturated carbocycles. The molecule has 0 aliphatic heterocycles. The maximum absolute atomic E-state index is 12.1. The number of rotatable bonds is 4. The van der Waals surface area contributed by atoms with Crippen LogP contribution in [-0.4, -0.2) is 23.0 Å². The third-order valence-corrected chi connectivity index (χ3v) is 3.63. The number of ether oxygens (including phenoxy) is 1. The first-order valence-electron chi connectivity index (χ1n) is 6.73. The molecule has 0 fully saturated rings. The Bertz CT molecular complexity index is 834. The topological polar surface area (TPSA) is 92.1 Å². The van der Waals surface area contributed by atoms with E-state index in [2.05, 4.69) is 10.3 Å². The van der Waals surface area contributed by atoms with Crippen molar-refractivity contribution in [1.29, 1.82) is 5.26 Å². The molecule has 0 bridgehead atoms. The van der Waals surface area contributed by atoms with E-state index >= 15 is 0 Å². The second-order valence-electron chi connectivity index (χ2n) is 4.73. The van der Waals surface area contributed by atoms with E-state index in [1.807, 2.05) is 6.07 Å². The number of aromatic nitrogens is 1. The summed E-state index contributed by atoms with van der Waals surface area (Å²) in [5.74, 6) is -1.29. The van der Waals surface area contributed by atoms with Crippen LogP contribution in [0.4, 0.5) is 5.69 Å². The molecule has 6 nitrogen and oxygen atoms in total. The molecule has 0 aliphatic rings. The van der Waals surface area contributed by atoms with Crippen LogP contribution in [0.2, 0.25) is 10.2 Å². The fourth-order valence-electron chi connectivity index (χ4n) is 1.73. The van der Waals surface area contributed by atoms with E-state index in [0.29, 0.717) is 11.3 Å². The monoisotopic (exact) mass is 363 g/mol. The number of nitriles is 1. The Hall–Kier alpha value is -2.62. The SMILES string of the molecule is C[C@@H](OC(=O)c1cnc(Cl)c(Cl)c1)C(=O)Nc1cccc(C#N)c1. The summed E-state index contributed by atoms with van der Waals surface area (Å²) in [4.78, 5) is 27.8. The van der Waals surface area contributed by atoms with Crippen molar-refractivity contribution in [2.45, 2.75) is 13.0 Å². The van der Waals surface area contributed by atoms with Crippen molar-refractivity contribution in [2.75, 3.05) is 5.32 Å². The molecule has 122 valence electrons. The summed E-state index contributed by atoms with van der Waals surface area (Å²) >= 11 is 11.5. The van der Waals surface area contributed by atoms with Gasteiger partial charge in [0, 0.05) is 11.9 Å². The Morgan fingerprint density at radius 3 is 2.75 bits per heavy atom. The van der Waals surface area contributed by atoms with Gasteiger partial charge in [0.2, 0.25) is 0 Å². The summed E-state index contributed by atoms with van der Waals surface area (Å²) in [5.41, 5.74) is 0.910. The van der Waals surface area contributed by atoms with Gasteiger partial charge in [0.15, 0.2) is 6.10 Å². The minimum Gasteiger partial charge on any atom is -0.449 e. The third-order valence-electron chi connectivity index (χ3n) is 2.94. The van der Waals surface area contributed by atoms with E-state index in [-0.39, 0.29) is 15.7 Å². The predicted octanol–water partition coefficient (Wildman–Crippen LogP) is 3.44. The Morgan fingerprint density at radius 1 is 1.33 bits per heavy atom. The van der Waals surface area contributed by atoms with Crippen LogP contribution in [0.3, 0.4) is 0 Å². The Morgan fingerprint density at radius 2 is 2.08 bits per heavy atom. The van der Waals surface area contributed by atoms with Crippen LogP contribution in [0.1, 0.15) is 22.8 Å². The number of nitrogens with one attached hydrogen (secondary N) is 1. The lowest BCUT2D eigenvalue weighted by atomic mass is 10.2. The second-order valence-corrected chi connectivity index (χ2v) is 5.49. The number of nitrogens with zero attached hydrogens (tertiary/aromatic N) is 2. The van der Waals surface area contributed by atoms with E-state index in [4.69, 9.17) is 33.2 Å². The van der Waals surface area contributed by atoms with E-state index in [9.17, 15) is 9.59 Å². The lowest BCUT2D eigenvalue weighted by Gasteiger charge is -2.13. The summed E-state index contributed by atoms with van der Waals surface area (Å²) in [7, 11) is 0. The maximum atomic E-state index is 12.1. The summed E-state index contributed by atoms with van der Waals surface area (Å²) in [6.45, 7) is 1.42. The number of pyridine rings is 1. The number of amides is 1. The zero-order chi connectivity index (χ0) is 17.7. The van der Waals surface area contributed by atoms with Gasteiger partial charge in [-0.1, -0.05) is 29.3 Å². The maximum Gasteiger partial charge on any atom is 0.340 e. The highest BCUT2D eigenvalue weighted by atomic mass is 35.5. The zero-order valence-electron chi connectivity index (χ0n) is 12.4. The van der Waals surface area contributed by atoms with E-state index < -0.39 is 18.0 Å². The fraction of sp³-hybridized carbons (Fsp3) is 0.125. The number of hydrogen-bond acceptors (Lipinski definition) is 5. The van der Waals surface area contributed by atoms with Crippen molar-refractivity contribution in [3.8, 4) is 6.07 Å². The summed E-state index contributed by atoms with van der Waals surface area (Å²) in [6, 6.07) is 9.64. The molecule has 1 aromatic heterocycles. The van der Waals surface area contributed by atoms with Gasteiger partial charge >= 0.3 is 5.97 Å². The Labute approximate surface area is 148 Å². The minimum absolute atomic E-state index is 0.0661. The number of hydrogen-bond donors (Lipinski definition) is 1. The highest BCUT2D eigenvalue weighted by Crippen LogP contribution is 2.20. The van der Waals surface area contributed by atoms with Crippen LogP contribution >= 0.6 is 23.2 Å². The molecule has 0 spiro atoms. The van der Waals surface area contributed by atoms with Gasteiger partial charge in [-0.3, -0.25) is 4.79 Å². The van der Waals surface area contributed by atoms with Crippen LogP contribution in [0, 0.1) is 11.3 Å². The first-order valence-corrected chi connectivity index (χ1v) is 7.49. The largest absolute Gasteiger partial charge is 0.449 e. The lowest BCUT2D eigenvalue weighted by Crippen LogP contribution is -2.30. The van der Waals surface area contributed by atoms with E-state index in [0.717, 1.165) is 0 Å². The molecule has 2 aromatic rings. The quantitative estimate of drug-likeness (QED) is 0.663. The molecular weight excluding hydrogens is 353 g/mol. The van der Waals surface area contributed by atoms with Crippen LogP contribution in [-0.2, 0) is 9.53 Å². The summed E-state index contributed by atoms with van der Waals surface area (Å²) < 4.78 is 5.06. The Kier molecular flexibility index (Phi) is 5.74. The van der Waals surface area contributed by atoms with Gasteiger partial charge in [-0.05, 0) is 31.2 Å². The molecule has 0 saturated heterocycles. The summed E-state index contributed by atoms with van der Waals surface area (Å²) in [6.07, 6.45) is 0.148. The summed E-state index contributed by atoms with van der Waals surface area (Å²) in [5, 5.41) is 11.6. The molecule has 2 rings (SSSR count). The van der Waals surface area contributed by atoms with E-state index in [1.54, 1.807) is 18.2 Å². The van der Waals surface area contributed by atoms with Crippen LogP contribution in [0.25, 0.3) is 0 Å². The lowest BCUT2D eigenvalue weighted by molar-refractivity contribution is -0.123. The smallest absolute Gasteiger partial charge is 0.340 e. The highest BCUT2D eigenvalue weighted by molar-refractivity contribution is 6.41. The molecule has 1 atom stereocenters. The normalized spacial score (nSPS) is 11.2. The molecule has 1 heterocycles. The van der Waals surface area contributed by atoms with Crippen LogP contribution in [0.5, 0.6) is 0 Å². The second kappa shape index (κ2) is 7.77. The van der Waals surface area contributed by atoms with Crippen molar-refractivity contribution in [1.82, 2.24) is 4.98 Å². The van der Waals surface area contributed by atoms with Gasteiger partial charge < -0.3 is 10.1 Å². The number of anilines is 1. The van der Waals surface area contributed by atoms with Crippen molar-refractivity contribution in [2.24, 2.45) is 0 Å². The van der Waals surface area contributed by atoms with Crippen molar-refractivity contribution in [3.63, 3.8) is 0 Å². The molecular formula is C16H11Cl2N3O3. The molecule has 0 radical (unpaired) electrons. The first-order chi connectivity index (χ1) is 11.4. The number of carbonyl (C=O) groups is 2. The predicted molar refractivity (Wildman–Crippen MR) is 88.9 cm³/mol. The average Bonchev–Trinajstić information content (AvgIpc) is 2.57. The van der Waals surface area contributed by atoms with Crippen LogP contribution in [0.15, 0.2) is 36.5 Å². The molecule has 1 aromatic carbocycles. The molecule has 0 aliphatic carbocycles. The minimum atomic E-state index is -1.06. The van der Waals surface area contributed by atoms with Gasteiger partial charge in [0.05, 0.1) is 22.2 Å². The van der Waals surface area contributed by atoms with Gasteiger partial charge in [0.1, 0.15) is 5.15 Å². The zero-order valence-corrected chi connectivity index (χ0v) is 13.9. The first kappa shape index (κ1) is 17.7. The number of carbonyl (C=O) groups excluding carboxylic acids is 2. The third kappa shape index (κ3) is 4.44. The molecule has 24 heavy (non-hydrogen) atoms. The fourth-order valence-corrected chi connectivity index (χ4v) is 2.00.